The number of carboxylic acids is 3. The van der Waals surface area contributed by atoms with E-state index in [0.29, 0.717) is 5.56 Å². The normalized spacial score (nSPS) is 10.3. The van der Waals surface area contributed by atoms with Crippen LogP contribution in [0, 0.1) is 0 Å². The van der Waals surface area contributed by atoms with Gasteiger partial charge in [-0.2, -0.15) is 0 Å². The fourth-order valence-electron chi connectivity index (χ4n) is 2.98. The lowest BCUT2D eigenvalue weighted by Crippen LogP contribution is -2.22. The van der Waals surface area contributed by atoms with Gasteiger partial charge in [0.25, 0.3) is 5.91 Å². The van der Waals surface area contributed by atoms with Crippen LogP contribution in [-0.2, 0) is 0 Å². The zero-order chi connectivity index (χ0) is 21.8. The summed E-state index contributed by atoms with van der Waals surface area (Å²) in [7, 11) is 0. The zero-order valence-corrected chi connectivity index (χ0v) is 15.3. The molecule has 8 heteroatoms. The Morgan fingerprint density at radius 3 is 1.70 bits per heavy atom. The van der Waals surface area contributed by atoms with Crippen LogP contribution >= 0.6 is 0 Å². The van der Waals surface area contributed by atoms with Gasteiger partial charge in [0.2, 0.25) is 0 Å². The maximum Gasteiger partial charge on any atom is 0.337 e. The highest BCUT2D eigenvalue weighted by Crippen LogP contribution is 2.27. The smallest absolute Gasteiger partial charge is 0.337 e. The van der Waals surface area contributed by atoms with Crippen molar-refractivity contribution in [2.45, 2.75) is 0 Å². The summed E-state index contributed by atoms with van der Waals surface area (Å²) in [6.45, 7) is 0. The van der Waals surface area contributed by atoms with Gasteiger partial charge in [-0.15, -0.1) is 0 Å². The van der Waals surface area contributed by atoms with Crippen molar-refractivity contribution in [3.63, 3.8) is 0 Å². The van der Waals surface area contributed by atoms with Gasteiger partial charge in [-0.05, 0) is 35.4 Å². The van der Waals surface area contributed by atoms with Gasteiger partial charge >= 0.3 is 17.9 Å². The number of rotatable bonds is 6. The number of benzene rings is 3. The molecule has 0 fully saturated rings. The number of nitrogens with one attached hydrogen (secondary N) is 1. The average Bonchev–Trinajstić information content (AvgIpc) is 2.73. The molecule has 0 saturated heterocycles. The molecule has 0 radical (unpaired) electrons. The summed E-state index contributed by atoms with van der Waals surface area (Å²) >= 11 is 0. The van der Waals surface area contributed by atoms with Gasteiger partial charge in [0, 0.05) is 0 Å². The summed E-state index contributed by atoms with van der Waals surface area (Å²) in [5, 5.41) is 30.5. The van der Waals surface area contributed by atoms with E-state index in [9.17, 15) is 34.5 Å². The Labute approximate surface area is 170 Å². The first-order chi connectivity index (χ1) is 14.3. The number of carbonyl (C=O) groups is 4. The van der Waals surface area contributed by atoms with Crippen LogP contribution in [0.5, 0.6) is 0 Å². The zero-order valence-electron chi connectivity index (χ0n) is 15.3. The molecule has 0 spiro atoms. The largest absolute Gasteiger partial charge is 0.478 e. The predicted octanol–water partition coefficient (Wildman–Crippen LogP) is 3.70. The molecule has 0 aliphatic rings. The minimum absolute atomic E-state index is 0.0922. The van der Waals surface area contributed by atoms with Crippen LogP contribution in [-0.4, -0.2) is 39.1 Å². The first-order valence-electron chi connectivity index (χ1n) is 8.63. The Hall–Kier alpha value is -4.46. The van der Waals surface area contributed by atoms with E-state index in [1.54, 1.807) is 30.3 Å². The lowest BCUT2D eigenvalue weighted by Gasteiger charge is -2.14. The van der Waals surface area contributed by atoms with Crippen LogP contribution < -0.4 is 5.32 Å². The maximum absolute atomic E-state index is 12.9. The van der Waals surface area contributed by atoms with E-state index in [-0.39, 0.29) is 11.3 Å². The number of hydrogen-bond acceptors (Lipinski definition) is 4. The summed E-state index contributed by atoms with van der Waals surface area (Å²) in [4.78, 5) is 47.5. The van der Waals surface area contributed by atoms with Crippen LogP contribution in [0.4, 0.5) is 5.69 Å². The van der Waals surface area contributed by atoms with E-state index < -0.39 is 40.5 Å². The number of aromatic carboxylic acids is 3. The van der Waals surface area contributed by atoms with E-state index in [0.717, 1.165) is 17.7 Å². The maximum atomic E-state index is 12.9. The van der Waals surface area contributed by atoms with E-state index in [2.05, 4.69) is 5.32 Å². The summed E-state index contributed by atoms with van der Waals surface area (Å²) < 4.78 is 0. The number of carbonyl (C=O) groups excluding carboxylic acids is 1. The molecule has 0 atom stereocenters. The number of hydrogen-bond donors (Lipinski definition) is 4. The van der Waals surface area contributed by atoms with Crippen molar-refractivity contribution in [2.24, 2.45) is 0 Å². The molecule has 3 rings (SSSR count). The second kappa shape index (κ2) is 8.27. The fraction of sp³-hybridized carbons (Fsp3) is 0. The first-order valence-corrected chi connectivity index (χ1v) is 8.63. The molecule has 0 saturated carbocycles. The van der Waals surface area contributed by atoms with Crippen molar-refractivity contribution in [2.75, 3.05) is 5.32 Å². The lowest BCUT2D eigenvalue weighted by atomic mass is 9.99. The molecular formula is C22H15NO7. The fourth-order valence-corrected chi connectivity index (χ4v) is 2.98. The van der Waals surface area contributed by atoms with Crippen LogP contribution in [0.25, 0.3) is 11.1 Å². The minimum atomic E-state index is -1.49. The SMILES string of the molecule is O=C(O)c1ccc(-c2ccccc2)cc1NC(=O)c1c(C(=O)O)cccc1C(=O)O. The monoisotopic (exact) mass is 405 g/mol. The second-order valence-electron chi connectivity index (χ2n) is 6.22. The van der Waals surface area contributed by atoms with Crippen molar-refractivity contribution in [3.05, 3.63) is 89.0 Å². The van der Waals surface area contributed by atoms with Gasteiger partial charge in [0.15, 0.2) is 0 Å². The van der Waals surface area contributed by atoms with Crippen molar-refractivity contribution in [3.8, 4) is 11.1 Å². The average molecular weight is 405 g/mol. The molecule has 150 valence electrons. The Bertz CT molecular complexity index is 1140. The molecule has 30 heavy (non-hydrogen) atoms. The molecule has 0 heterocycles. The first kappa shape index (κ1) is 20.3. The van der Waals surface area contributed by atoms with E-state index in [4.69, 9.17) is 0 Å². The van der Waals surface area contributed by atoms with Gasteiger partial charge < -0.3 is 20.6 Å². The molecule has 3 aromatic rings. The Morgan fingerprint density at radius 1 is 0.600 bits per heavy atom. The topological polar surface area (TPSA) is 141 Å². The van der Waals surface area contributed by atoms with Crippen LogP contribution in [0.15, 0.2) is 66.7 Å². The van der Waals surface area contributed by atoms with Gasteiger partial charge in [-0.25, -0.2) is 14.4 Å². The lowest BCUT2D eigenvalue weighted by molar-refractivity contribution is 0.0677. The molecule has 0 aromatic heterocycles. The molecule has 4 N–H and O–H groups in total. The molecule has 1 amide bonds. The van der Waals surface area contributed by atoms with Crippen molar-refractivity contribution >= 4 is 29.5 Å². The number of carboxylic acid groups (broad SMARTS) is 3. The third-order valence-corrected chi connectivity index (χ3v) is 4.36. The molecule has 3 aromatic carbocycles. The Morgan fingerprint density at radius 2 is 1.17 bits per heavy atom. The molecule has 0 aliphatic heterocycles. The quantitative estimate of drug-likeness (QED) is 0.490. The van der Waals surface area contributed by atoms with Gasteiger partial charge in [-0.3, -0.25) is 4.79 Å². The molecular weight excluding hydrogens is 390 g/mol. The molecule has 0 aliphatic carbocycles. The van der Waals surface area contributed by atoms with E-state index in [1.807, 2.05) is 6.07 Å². The van der Waals surface area contributed by atoms with Crippen molar-refractivity contribution in [1.29, 1.82) is 0 Å². The third-order valence-electron chi connectivity index (χ3n) is 4.36. The summed E-state index contributed by atoms with van der Waals surface area (Å²) in [6.07, 6.45) is 0. The highest BCUT2D eigenvalue weighted by molar-refractivity contribution is 6.17. The summed E-state index contributed by atoms with van der Waals surface area (Å²) in [5.41, 5.74) is -0.535. The highest BCUT2D eigenvalue weighted by Gasteiger charge is 2.25. The van der Waals surface area contributed by atoms with Crippen molar-refractivity contribution in [1.82, 2.24) is 0 Å². The van der Waals surface area contributed by atoms with Crippen molar-refractivity contribution < 1.29 is 34.5 Å². The van der Waals surface area contributed by atoms with Gasteiger partial charge in [0.05, 0.1) is 27.9 Å². The minimum Gasteiger partial charge on any atom is -0.478 e. The van der Waals surface area contributed by atoms with Crippen LogP contribution in [0.3, 0.4) is 0 Å². The number of amides is 1. The predicted molar refractivity (Wildman–Crippen MR) is 107 cm³/mol. The molecule has 0 unspecified atom stereocenters. The summed E-state index contributed by atoms with van der Waals surface area (Å²) in [6, 6.07) is 16.7. The standard InChI is InChI=1S/C22H15NO7/c24-19(18-15(21(27)28)7-4-8-16(18)22(29)30)23-17-11-13(9-10-14(17)20(25)26)12-5-2-1-3-6-12/h1-11H,(H,23,24)(H,25,26)(H,27,28)(H,29,30). The van der Waals surface area contributed by atoms with E-state index >= 15 is 0 Å². The Balaban J connectivity index is 2.10. The summed E-state index contributed by atoms with van der Waals surface area (Å²) in [5.74, 6) is -5.33. The second-order valence-corrected chi connectivity index (χ2v) is 6.22. The number of anilines is 1. The van der Waals surface area contributed by atoms with E-state index in [1.165, 1.54) is 18.2 Å². The van der Waals surface area contributed by atoms with Crippen LogP contribution in [0.2, 0.25) is 0 Å². The molecule has 0 bridgehead atoms. The molecule has 8 nitrogen and oxygen atoms in total. The van der Waals surface area contributed by atoms with Gasteiger partial charge in [-0.1, -0.05) is 42.5 Å². The highest BCUT2D eigenvalue weighted by atomic mass is 16.4. The third kappa shape index (κ3) is 4.02. The van der Waals surface area contributed by atoms with Crippen LogP contribution in [0.1, 0.15) is 41.4 Å². The Kier molecular flexibility index (Phi) is 5.59. The van der Waals surface area contributed by atoms with Gasteiger partial charge in [0.1, 0.15) is 0 Å².